The quantitative estimate of drug-likeness (QED) is 0.420. The third-order valence-corrected chi connectivity index (χ3v) is 5.63. The lowest BCUT2D eigenvalue weighted by molar-refractivity contribution is 0.101. The number of carbonyl (C=O) groups excluding carboxylic acids is 1. The van der Waals surface area contributed by atoms with Gasteiger partial charge in [0.2, 0.25) is 0 Å². The van der Waals surface area contributed by atoms with Gasteiger partial charge in [-0.3, -0.25) is 14.0 Å². The fraction of sp³-hybridized carbons (Fsp3) is 0.115. The van der Waals surface area contributed by atoms with Crippen LogP contribution in [0.15, 0.2) is 83.8 Å². The van der Waals surface area contributed by atoms with Crippen molar-refractivity contribution in [3.8, 4) is 11.5 Å². The number of anilines is 1. The van der Waals surface area contributed by atoms with Crippen LogP contribution in [0, 0.1) is 0 Å². The zero-order valence-corrected chi connectivity index (χ0v) is 18.7. The van der Waals surface area contributed by atoms with Gasteiger partial charge in [-0.05, 0) is 35.9 Å². The molecule has 8 heteroatoms. The summed E-state index contributed by atoms with van der Waals surface area (Å²) in [6, 6.07) is 21.8. The van der Waals surface area contributed by atoms with E-state index in [2.05, 4.69) is 5.32 Å². The van der Waals surface area contributed by atoms with Gasteiger partial charge < -0.3 is 19.4 Å². The van der Waals surface area contributed by atoms with Crippen molar-refractivity contribution in [2.45, 2.75) is 6.54 Å². The molecule has 34 heavy (non-hydrogen) atoms. The molecule has 3 aromatic heterocycles. The minimum absolute atomic E-state index is 0.229. The summed E-state index contributed by atoms with van der Waals surface area (Å²) >= 11 is 0. The average Bonchev–Trinajstić information content (AvgIpc) is 3.23. The van der Waals surface area contributed by atoms with Crippen LogP contribution in [0.3, 0.4) is 0 Å². The first-order chi connectivity index (χ1) is 16.6. The summed E-state index contributed by atoms with van der Waals surface area (Å²) < 4.78 is 13.9. The van der Waals surface area contributed by atoms with Crippen LogP contribution >= 0.6 is 0 Å². The van der Waals surface area contributed by atoms with E-state index < -0.39 is 0 Å². The van der Waals surface area contributed by atoms with Gasteiger partial charge in [0.15, 0.2) is 11.5 Å². The van der Waals surface area contributed by atoms with E-state index in [0.29, 0.717) is 46.1 Å². The molecular formula is C26H22N4O4. The maximum absolute atomic E-state index is 13.4. The molecule has 0 aliphatic heterocycles. The van der Waals surface area contributed by atoms with E-state index >= 15 is 0 Å². The largest absolute Gasteiger partial charge is 0.493 e. The predicted molar refractivity (Wildman–Crippen MR) is 130 cm³/mol. The number of hydrogen-bond acceptors (Lipinski definition) is 5. The van der Waals surface area contributed by atoms with Gasteiger partial charge in [0.1, 0.15) is 17.0 Å². The molecule has 0 bridgehead atoms. The highest BCUT2D eigenvalue weighted by Crippen LogP contribution is 2.30. The summed E-state index contributed by atoms with van der Waals surface area (Å²) in [6.45, 7) is 0.383. The summed E-state index contributed by atoms with van der Waals surface area (Å²) in [7, 11) is 3.08. The number of aromatic nitrogens is 3. The van der Waals surface area contributed by atoms with Crippen LogP contribution in [-0.2, 0) is 6.54 Å². The van der Waals surface area contributed by atoms with Gasteiger partial charge >= 0.3 is 0 Å². The summed E-state index contributed by atoms with van der Waals surface area (Å²) in [5.41, 5.74) is 2.59. The SMILES string of the molecule is COc1ccc(NC(=O)c2cc3c(=O)n4ccccc4nc3n2Cc2ccccc2)cc1OC. The Morgan fingerprint density at radius 2 is 1.71 bits per heavy atom. The number of nitrogens with one attached hydrogen (secondary N) is 1. The van der Waals surface area contributed by atoms with Crippen molar-refractivity contribution in [2.24, 2.45) is 0 Å². The Bertz CT molecular complexity index is 1570. The van der Waals surface area contributed by atoms with E-state index in [1.54, 1.807) is 54.3 Å². The highest BCUT2D eigenvalue weighted by Gasteiger charge is 2.20. The summed E-state index contributed by atoms with van der Waals surface area (Å²) in [5, 5.41) is 3.27. The number of methoxy groups -OCH3 is 2. The maximum Gasteiger partial charge on any atom is 0.272 e. The lowest BCUT2D eigenvalue weighted by atomic mass is 10.2. The molecule has 0 atom stereocenters. The normalized spacial score (nSPS) is 11.0. The van der Waals surface area contributed by atoms with Crippen LogP contribution in [0.4, 0.5) is 5.69 Å². The molecule has 0 radical (unpaired) electrons. The van der Waals surface area contributed by atoms with Crippen molar-refractivity contribution in [3.63, 3.8) is 0 Å². The summed E-state index contributed by atoms with van der Waals surface area (Å²) in [4.78, 5) is 31.3. The van der Waals surface area contributed by atoms with Gasteiger partial charge in [-0.25, -0.2) is 4.98 Å². The molecule has 8 nitrogen and oxygen atoms in total. The highest BCUT2D eigenvalue weighted by atomic mass is 16.5. The molecule has 0 fully saturated rings. The third kappa shape index (κ3) is 3.75. The number of fused-ring (bicyclic) bond motifs is 2. The van der Waals surface area contributed by atoms with E-state index in [1.165, 1.54) is 11.5 Å². The van der Waals surface area contributed by atoms with E-state index in [1.807, 2.05) is 36.4 Å². The fourth-order valence-electron chi connectivity index (χ4n) is 3.98. The Morgan fingerprint density at radius 1 is 0.941 bits per heavy atom. The van der Waals surface area contributed by atoms with Gasteiger partial charge in [-0.1, -0.05) is 36.4 Å². The molecular weight excluding hydrogens is 432 g/mol. The van der Waals surface area contributed by atoms with Crippen molar-refractivity contribution in [2.75, 3.05) is 19.5 Å². The number of ether oxygens (including phenoxy) is 2. The van der Waals surface area contributed by atoms with E-state index in [4.69, 9.17) is 14.5 Å². The molecule has 5 rings (SSSR count). The lowest BCUT2D eigenvalue weighted by Crippen LogP contribution is -2.18. The van der Waals surface area contributed by atoms with Crippen LogP contribution in [0.1, 0.15) is 16.1 Å². The first-order valence-electron chi connectivity index (χ1n) is 10.7. The smallest absolute Gasteiger partial charge is 0.272 e. The number of pyridine rings is 1. The topological polar surface area (TPSA) is 86.9 Å². The molecule has 1 amide bonds. The van der Waals surface area contributed by atoms with Crippen LogP contribution in [0.2, 0.25) is 0 Å². The second-order valence-corrected chi connectivity index (χ2v) is 7.71. The molecule has 3 heterocycles. The van der Waals surface area contributed by atoms with E-state index in [9.17, 15) is 9.59 Å². The number of amides is 1. The fourth-order valence-corrected chi connectivity index (χ4v) is 3.98. The third-order valence-electron chi connectivity index (χ3n) is 5.63. The first-order valence-corrected chi connectivity index (χ1v) is 10.7. The van der Waals surface area contributed by atoms with Gasteiger partial charge in [-0.15, -0.1) is 0 Å². The molecule has 5 aromatic rings. The number of carbonyl (C=O) groups is 1. The minimum Gasteiger partial charge on any atom is -0.493 e. The van der Waals surface area contributed by atoms with E-state index in [-0.39, 0.29) is 11.5 Å². The van der Waals surface area contributed by atoms with Crippen LogP contribution in [-0.4, -0.2) is 34.1 Å². The molecule has 0 unspecified atom stereocenters. The Morgan fingerprint density at radius 3 is 2.47 bits per heavy atom. The van der Waals surface area contributed by atoms with Crippen molar-refractivity contribution in [1.82, 2.24) is 14.0 Å². The minimum atomic E-state index is -0.366. The Labute approximate surface area is 195 Å². The number of hydrogen-bond donors (Lipinski definition) is 1. The molecule has 0 spiro atoms. The second-order valence-electron chi connectivity index (χ2n) is 7.71. The molecule has 0 saturated heterocycles. The van der Waals surface area contributed by atoms with E-state index in [0.717, 1.165) is 5.56 Å². The second kappa shape index (κ2) is 8.74. The first kappa shape index (κ1) is 21.3. The van der Waals surface area contributed by atoms with Crippen molar-refractivity contribution < 1.29 is 14.3 Å². The summed E-state index contributed by atoms with van der Waals surface area (Å²) in [6.07, 6.45) is 1.67. The molecule has 0 aliphatic carbocycles. The summed E-state index contributed by atoms with van der Waals surface area (Å²) in [5.74, 6) is 0.688. The van der Waals surface area contributed by atoms with Crippen molar-refractivity contribution >= 4 is 28.3 Å². The molecule has 0 saturated carbocycles. The Balaban J connectivity index is 1.64. The van der Waals surface area contributed by atoms with Crippen LogP contribution in [0.25, 0.3) is 16.7 Å². The lowest BCUT2D eigenvalue weighted by Gasteiger charge is -2.13. The van der Waals surface area contributed by atoms with Crippen LogP contribution < -0.4 is 20.3 Å². The Kier molecular flexibility index (Phi) is 5.47. The zero-order chi connectivity index (χ0) is 23.7. The molecule has 170 valence electrons. The molecule has 1 N–H and O–H groups in total. The van der Waals surface area contributed by atoms with Gasteiger partial charge in [0.05, 0.1) is 19.6 Å². The monoisotopic (exact) mass is 454 g/mol. The highest BCUT2D eigenvalue weighted by molar-refractivity contribution is 6.06. The molecule has 2 aromatic carbocycles. The van der Waals surface area contributed by atoms with Gasteiger partial charge in [0.25, 0.3) is 11.5 Å². The maximum atomic E-state index is 13.4. The van der Waals surface area contributed by atoms with Gasteiger partial charge in [0, 0.05) is 24.5 Å². The van der Waals surface area contributed by atoms with Gasteiger partial charge in [-0.2, -0.15) is 0 Å². The predicted octanol–water partition coefficient (Wildman–Crippen LogP) is 3.97. The van der Waals surface area contributed by atoms with Crippen molar-refractivity contribution in [3.05, 3.63) is 101 Å². The zero-order valence-electron chi connectivity index (χ0n) is 18.7. The van der Waals surface area contributed by atoms with Crippen molar-refractivity contribution in [1.29, 1.82) is 0 Å². The number of benzene rings is 2. The Hall–Kier alpha value is -4.59. The molecule has 0 aliphatic rings. The number of nitrogens with zero attached hydrogens (tertiary/aromatic N) is 3. The standard InChI is InChI=1S/C26H22N4O4/c1-33-21-12-11-18(14-22(21)34-2)27-25(31)20-15-19-24(30(20)16-17-8-4-3-5-9-17)28-23-10-6-7-13-29(23)26(19)32/h3-15H,16H2,1-2H3,(H,27,31). The average molecular weight is 454 g/mol. The van der Waals surface area contributed by atoms with Crippen LogP contribution in [0.5, 0.6) is 11.5 Å². The number of rotatable bonds is 6.